The smallest absolute Gasteiger partial charge is 0.326 e. The van der Waals surface area contributed by atoms with Crippen molar-refractivity contribution in [2.24, 2.45) is 11.8 Å². The van der Waals surface area contributed by atoms with Crippen LogP contribution in [-0.4, -0.2) is 173 Å². The normalized spacial score (nSPS) is 18.5. The second-order valence-electron chi connectivity index (χ2n) is 12.8. The fraction of sp³-hybridized carbons (Fsp3) is 0.781. The number of carboxylic acid groups (broad SMARTS) is 4. The molecule has 0 aromatic rings. The number of nitrogens with zero attached hydrogens (tertiary/aromatic N) is 4. The van der Waals surface area contributed by atoms with Crippen molar-refractivity contribution in [3.8, 4) is 0 Å². The number of ketones is 1. The zero-order valence-corrected chi connectivity index (χ0v) is 29.1. The maximum Gasteiger partial charge on any atom is 0.326 e. The lowest BCUT2D eigenvalue weighted by atomic mass is 9.83. The number of carbonyl (C=O) groups is 7. The van der Waals surface area contributed by atoms with Gasteiger partial charge in [-0.3, -0.25) is 48.4 Å². The molecule has 1 atom stereocenters. The number of carbonyl (C=O) groups excluding carboxylic acids is 3. The van der Waals surface area contributed by atoms with Crippen LogP contribution < -0.4 is 10.6 Å². The van der Waals surface area contributed by atoms with Crippen LogP contribution in [0.2, 0.25) is 0 Å². The van der Waals surface area contributed by atoms with Gasteiger partial charge in [-0.15, -0.1) is 0 Å². The summed E-state index contributed by atoms with van der Waals surface area (Å²) in [6, 6.07) is -1.28. The number of rotatable bonds is 15. The molecule has 1 aliphatic heterocycles. The molecule has 2 fully saturated rings. The van der Waals surface area contributed by atoms with Gasteiger partial charge in [-0.2, -0.15) is 0 Å². The number of Topliss-reactive ketones (excluding diaryl/α,β-unsaturated/α-hetero) is 1. The first kappa shape index (κ1) is 43.4. The Balaban J connectivity index is 0.000000917. The number of carboxylic acids is 4. The van der Waals surface area contributed by atoms with Crippen LogP contribution in [0.25, 0.3) is 0 Å². The molecular weight excluding hydrogens is 644 g/mol. The second-order valence-corrected chi connectivity index (χ2v) is 12.8. The summed E-state index contributed by atoms with van der Waals surface area (Å²) in [6.45, 7) is 4.75. The molecule has 6 N–H and O–H groups in total. The summed E-state index contributed by atoms with van der Waals surface area (Å²) in [4.78, 5) is 87.7. The van der Waals surface area contributed by atoms with E-state index in [0.29, 0.717) is 11.7 Å². The standard InChI is InChI=1S/C22H38N6O10.C10H18O/c1-23-17(29)3-2-16(22(37)38)24-18(30)12-25-4-6-26(13-19(31)32)8-10-28(15-21(35)36)11-9-27(7-5-25)14-20(33)34;1-8(2)10(11)9-6-4-3-5-7-9/h16H,2-15H2,1H3,(H,23,29)(H,24,30)(H,31,32)(H,33,34)(H,35,36)(H,37,38);8-9H,3-7H2,1-2H3. The van der Waals surface area contributed by atoms with Crippen LogP contribution in [0.1, 0.15) is 58.8 Å². The molecule has 1 saturated carbocycles. The minimum absolute atomic E-state index is 0.0926. The summed E-state index contributed by atoms with van der Waals surface area (Å²) >= 11 is 0. The Hall–Kier alpha value is -3.67. The van der Waals surface area contributed by atoms with E-state index in [9.17, 15) is 54.0 Å². The number of hydrogen-bond donors (Lipinski definition) is 6. The van der Waals surface area contributed by atoms with Gasteiger partial charge in [0.05, 0.1) is 26.2 Å². The maximum absolute atomic E-state index is 12.7. The Kier molecular flexibility index (Phi) is 20.9. The van der Waals surface area contributed by atoms with E-state index in [4.69, 9.17) is 0 Å². The van der Waals surface area contributed by atoms with Crippen molar-refractivity contribution in [2.75, 3.05) is 85.6 Å². The molecule has 1 saturated heterocycles. The number of hydrogen-bond acceptors (Lipinski definition) is 11. The van der Waals surface area contributed by atoms with Crippen LogP contribution in [0.5, 0.6) is 0 Å². The summed E-state index contributed by atoms with van der Waals surface area (Å²) in [5.74, 6) is -4.32. The summed E-state index contributed by atoms with van der Waals surface area (Å²) < 4.78 is 0. The van der Waals surface area contributed by atoms with Crippen molar-refractivity contribution in [1.82, 2.24) is 30.2 Å². The second kappa shape index (κ2) is 23.6. The Morgan fingerprint density at radius 3 is 1.33 bits per heavy atom. The van der Waals surface area contributed by atoms with E-state index in [1.54, 1.807) is 19.6 Å². The molecular formula is C32H56N6O11. The van der Waals surface area contributed by atoms with E-state index < -0.39 is 35.8 Å². The monoisotopic (exact) mass is 700 g/mol. The van der Waals surface area contributed by atoms with Crippen molar-refractivity contribution < 1.29 is 54.0 Å². The van der Waals surface area contributed by atoms with E-state index in [0.717, 1.165) is 12.8 Å². The van der Waals surface area contributed by atoms with Crippen LogP contribution in [0.15, 0.2) is 0 Å². The average Bonchev–Trinajstić information content (AvgIpc) is 3.03. The van der Waals surface area contributed by atoms with Crippen molar-refractivity contribution in [3.63, 3.8) is 0 Å². The van der Waals surface area contributed by atoms with E-state index in [1.165, 1.54) is 26.3 Å². The minimum atomic E-state index is -1.29. The molecule has 2 amide bonds. The lowest BCUT2D eigenvalue weighted by Crippen LogP contribution is -2.51. The predicted octanol–water partition coefficient (Wildman–Crippen LogP) is -0.651. The molecule has 1 heterocycles. The Bertz CT molecular complexity index is 1070. The highest BCUT2D eigenvalue weighted by atomic mass is 16.4. The molecule has 2 rings (SSSR count). The van der Waals surface area contributed by atoms with Gasteiger partial charge in [0.15, 0.2) is 0 Å². The van der Waals surface area contributed by atoms with Crippen LogP contribution in [0.3, 0.4) is 0 Å². The van der Waals surface area contributed by atoms with Gasteiger partial charge in [0.1, 0.15) is 11.8 Å². The third kappa shape index (κ3) is 19.8. The minimum Gasteiger partial charge on any atom is -0.480 e. The van der Waals surface area contributed by atoms with Gasteiger partial charge >= 0.3 is 23.9 Å². The van der Waals surface area contributed by atoms with Crippen LogP contribution in [-0.2, 0) is 33.6 Å². The summed E-state index contributed by atoms with van der Waals surface area (Å²) in [5, 5.41) is 42.0. The van der Waals surface area contributed by atoms with Gasteiger partial charge in [-0.25, -0.2) is 4.79 Å². The quantitative estimate of drug-likeness (QED) is 0.124. The van der Waals surface area contributed by atoms with Crippen molar-refractivity contribution in [2.45, 2.75) is 64.8 Å². The van der Waals surface area contributed by atoms with Gasteiger partial charge in [-0.05, 0) is 19.3 Å². The van der Waals surface area contributed by atoms with Crippen LogP contribution >= 0.6 is 0 Å². The zero-order chi connectivity index (χ0) is 36.9. The van der Waals surface area contributed by atoms with E-state index in [1.807, 2.05) is 13.8 Å². The van der Waals surface area contributed by atoms with Crippen LogP contribution in [0, 0.1) is 11.8 Å². The van der Waals surface area contributed by atoms with Gasteiger partial charge in [-0.1, -0.05) is 33.1 Å². The van der Waals surface area contributed by atoms with Gasteiger partial charge in [0.25, 0.3) is 0 Å². The third-order valence-corrected chi connectivity index (χ3v) is 8.52. The van der Waals surface area contributed by atoms with Crippen LogP contribution in [0.4, 0.5) is 0 Å². The lowest BCUT2D eigenvalue weighted by molar-refractivity contribution is -0.142. The average molecular weight is 701 g/mol. The first-order valence-corrected chi connectivity index (χ1v) is 16.9. The highest BCUT2D eigenvalue weighted by Crippen LogP contribution is 2.26. The number of aliphatic carboxylic acids is 4. The lowest BCUT2D eigenvalue weighted by Gasteiger charge is -2.33. The number of nitrogens with one attached hydrogen (secondary N) is 2. The molecule has 1 aliphatic carbocycles. The summed E-state index contributed by atoms with van der Waals surface area (Å²) in [7, 11) is 1.42. The molecule has 0 radical (unpaired) electrons. The first-order valence-electron chi connectivity index (χ1n) is 16.9. The molecule has 0 spiro atoms. The van der Waals surface area contributed by atoms with Crippen molar-refractivity contribution in [1.29, 1.82) is 0 Å². The highest BCUT2D eigenvalue weighted by Gasteiger charge is 2.25. The zero-order valence-electron chi connectivity index (χ0n) is 29.1. The molecule has 17 heteroatoms. The van der Waals surface area contributed by atoms with E-state index in [2.05, 4.69) is 10.6 Å². The SMILES string of the molecule is CC(C)C(=O)C1CCCCC1.CNC(=O)CCC(NC(=O)CN1CCN(CC(=O)O)CCN(CC(=O)O)CCN(CC(=O)O)CC1)C(=O)O. The topological polar surface area (TPSA) is 237 Å². The molecule has 17 nitrogen and oxygen atoms in total. The van der Waals surface area contributed by atoms with Gasteiger partial charge in [0, 0.05) is 77.7 Å². The van der Waals surface area contributed by atoms with E-state index >= 15 is 0 Å². The molecule has 0 aromatic heterocycles. The van der Waals surface area contributed by atoms with E-state index in [-0.39, 0.29) is 103 Å². The Morgan fingerprint density at radius 2 is 1.00 bits per heavy atom. The summed E-state index contributed by atoms with van der Waals surface area (Å²) in [5.41, 5.74) is 0. The van der Waals surface area contributed by atoms with Crippen molar-refractivity contribution in [3.05, 3.63) is 0 Å². The van der Waals surface area contributed by atoms with Gasteiger partial charge in [0.2, 0.25) is 11.8 Å². The van der Waals surface area contributed by atoms with Crippen molar-refractivity contribution >= 4 is 41.5 Å². The molecule has 0 aromatic carbocycles. The molecule has 2 aliphatic rings. The molecule has 49 heavy (non-hydrogen) atoms. The fourth-order valence-electron chi connectivity index (χ4n) is 5.74. The van der Waals surface area contributed by atoms with Gasteiger partial charge < -0.3 is 31.1 Å². The predicted molar refractivity (Wildman–Crippen MR) is 178 cm³/mol. The number of amides is 2. The first-order chi connectivity index (χ1) is 23.1. The maximum atomic E-state index is 12.7. The Labute approximate surface area is 287 Å². The Morgan fingerprint density at radius 1 is 0.612 bits per heavy atom. The highest BCUT2D eigenvalue weighted by molar-refractivity contribution is 5.85. The molecule has 1 unspecified atom stereocenters. The molecule has 0 bridgehead atoms. The molecule has 280 valence electrons. The largest absolute Gasteiger partial charge is 0.480 e. The third-order valence-electron chi connectivity index (χ3n) is 8.52. The fourth-order valence-corrected chi connectivity index (χ4v) is 5.74. The summed E-state index contributed by atoms with van der Waals surface area (Å²) in [6.07, 6.45) is 5.97.